The van der Waals surface area contributed by atoms with Gasteiger partial charge in [-0.2, -0.15) is 0 Å². The Bertz CT molecular complexity index is 433. The first kappa shape index (κ1) is 13.6. The molecule has 2 N–H and O–H groups in total. The molecule has 0 aliphatic heterocycles. The fraction of sp³-hybridized carbons (Fsp3) is 0.882. The number of amides is 1. The van der Waals surface area contributed by atoms with Crippen LogP contribution in [0.15, 0.2) is 0 Å². The molecule has 5 saturated carbocycles. The Hall–Kier alpha value is -1.06. The number of carbonyl (C=O) groups is 2. The molecule has 5 fully saturated rings. The van der Waals surface area contributed by atoms with E-state index in [2.05, 4.69) is 5.32 Å². The van der Waals surface area contributed by atoms with Gasteiger partial charge < -0.3 is 10.4 Å². The minimum Gasteiger partial charge on any atom is -0.480 e. The van der Waals surface area contributed by atoms with Crippen LogP contribution in [-0.4, -0.2) is 23.0 Å². The number of carboxylic acid groups (broad SMARTS) is 1. The second-order valence-corrected chi connectivity index (χ2v) is 8.32. The van der Waals surface area contributed by atoms with Crippen molar-refractivity contribution in [3.8, 4) is 0 Å². The summed E-state index contributed by atoms with van der Waals surface area (Å²) in [5, 5.41) is 12.1. The van der Waals surface area contributed by atoms with Crippen LogP contribution < -0.4 is 5.32 Å². The number of aliphatic carboxylic acids is 1. The zero-order valence-corrected chi connectivity index (χ0v) is 12.5. The zero-order chi connectivity index (χ0) is 14.6. The van der Waals surface area contributed by atoms with Crippen molar-refractivity contribution < 1.29 is 14.7 Å². The molecule has 4 bridgehead atoms. The third kappa shape index (κ3) is 2.58. The largest absolute Gasteiger partial charge is 0.480 e. The van der Waals surface area contributed by atoms with Gasteiger partial charge in [0, 0.05) is 6.42 Å². The molecule has 1 unspecified atom stereocenters. The molecule has 0 aromatic heterocycles. The Morgan fingerprint density at radius 1 is 1.05 bits per heavy atom. The van der Waals surface area contributed by atoms with Crippen LogP contribution in [0.25, 0.3) is 0 Å². The van der Waals surface area contributed by atoms with Crippen LogP contribution in [-0.2, 0) is 9.59 Å². The lowest BCUT2D eigenvalue weighted by Crippen LogP contribution is -2.50. The van der Waals surface area contributed by atoms with Crippen molar-refractivity contribution in [1.29, 1.82) is 0 Å². The number of hydrogen-bond acceptors (Lipinski definition) is 2. The molecule has 0 saturated heterocycles. The molecule has 0 spiro atoms. The van der Waals surface area contributed by atoms with Crippen LogP contribution in [0, 0.1) is 29.1 Å². The van der Waals surface area contributed by atoms with E-state index in [9.17, 15) is 14.7 Å². The molecular weight excluding hydrogens is 266 g/mol. The predicted molar refractivity (Wildman–Crippen MR) is 77.5 cm³/mol. The number of rotatable bonds is 5. The molecular formula is C17H25NO3. The molecule has 5 aliphatic carbocycles. The zero-order valence-electron chi connectivity index (χ0n) is 12.5. The molecule has 4 nitrogen and oxygen atoms in total. The highest BCUT2D eigenvalue weighted by Crippen LogP contribution is 2.61. The van der Waals surface area contributed by atoms with Gasteiger partial charge in [0.05, 0.1) is 0 Å². The monoisotopic (exact) mass is 291 g/mol. The van der Waals surface area contributed by atoms with Crippen molar-refractivity contribution in [2.75, 3.05) is 0 Å². The van der Waals surface area contributed by atoms with E-state index in [1.165, 1.54) is 38.5 Å². The van der Waals surface area contributed by atoms with Crippen LogP contribution in [0.5, 0.6) is 0 Å². The van der Waals surface area contributed by atoms with Gasteiger partial charge in [-0.3, -0.25) is 4.79 Å². The third-order valence-corrected chi connectivity index (χ3v) is 6.38. The Morgan fingerprint density at radius 3 is 2.00 bits per heavy atom. The van der Waals surface area contributed by atoms with Crippen molar-refractivity contribution in [1.82, 2.24) is 5.32 Å². The van der Waals surface area contributed by atoms with Gasteiger partial charge in [-0.1, -0.05) is 0 Å². The lowest BCUT2D eigenvalue weighted by Gasteiger charge is -2.56. The second-order valence-electron chi connectivity index (χ2n) is 8.32. The SMILES string of the molecule is O=C(CC12CC3CC(CC(C3)C1)C2)NC(C(=O)O)C1CC1. The van der Waals surface area contributed by atoms with E-state index >= 15 is 0 Å². The van der Waals surface area contributed by atoms with Gasteiger partial charge in [0.15, 0.2) is 0 Å². The molecule has 21 heavy (non-hydrogen) atoms. The maximum absolute atomic E-state index is 12.4. The summed E-state index contributed by atoms with van der Waals surface area (Å²) in [7, 11) is 0. The summed E-state index contributed by atoms with van der Waals surface area (Å²) in [6.45, 7) is 0. The minimum atomic E-state index is -0.864. The van der Waals surface area contributed by atoms with Crippen molar-refractivity contribution in [2.45, 2.75) is 63.8 Å². The van der Waals surface area contributed by atoms with Gasteiger partial charge in [-0.05, 0) is 80.5 Å². The summed E-state index contributed by atoms with van der Waals surface area (Å²) < 4.78 is 0. The van der Waals surface area contributed by atoms with Crippen LogP contribution in [0.2, 0.25) is 0 Å². The Balaban J connectivity index is 1.41. The highest BCUT2D eigenvalue weighted by molar-refractivity contribution is 5.84. The first-order valence-corrected chi connectivity index (χ1v) is 8.55. The van der Waals surface area contributed by atoms with Gasteiger partial charge in [0.1, 0.15) is 6.04 Å². The molecule has 5 rings (SSSR count). The van der Waals surface area contributed by atoms with Crippen molar-refractivity contribution in [3.63, 3.8) is 0 Å². The number of hydrogen-bond donors (Lipinski definition) is 2. The van der Waals surface area contributed by atoms with Gasteiger partial charge in [0.2, 0.25) is 5.91 Å². The number of carbonyl (C=O) groups excluding carboxylic acids is 1. The van der Waals surface area contributed by atoms with E-state index in [4.69, 9.17) is 0 Å². The maximum Gasteiger partial charge on any atom is 0.326 e. The average molecular weight is 291 g/mol. The molecule has 0 aromatic rings. The van der Waals surface area contributed by atoms with Gasteiger partial charge >= 0.3 is 5.97 Å². The van der Waals surface area contributed by atoms with Crippen molar-refractivity contribution >= 4 is 11.9 Å². The summed E-state index contributed by atoms with van der Waals surface area (Å²) >= 11 is 0. The molecule has 1 amide bonds. The minimum absolute atomic E-state index is 0.0174. The third-order valence-electron chi connectivity index (χ3n) is 6.38. The molecule has 0 radical (unpaired) electrons. The molecule has 5 aliphatic rings. The van der Waals surface area contributed by atoms with E-state index in [1.807, 2.05) is 0 Å². The first-order chi connectivity index (χ1) is 10.0. The van der Waals surface area contributed by atoms with Crippen LogP contribution >= 0.6 is 0 Å². The van der Waals surface area contributed by atoms with Crippen LogP contribution in [0.3, 0.4) is 0 Å². The van der Waals surface area contributed by atoms with Crippen molar-refractivity contribution in [2.24, 2.45) is 29.1 Å². The number of carboxylic acids is 1. The second kappa shape index (κ2) is 4.72. The standard InChI is InChI=1S/C17H25NO3/c19-14(18-15(16(20)21)13-1-2-13)9-17-6-10-3-11(7-17)5-12(4-10)8-17/h10-13,15H,1-9H2,(H,18,19)(H,20,21). The van der Waals surface area contributed by atoms with Crippen molar-refractivity contribution in [3.05, 3.63) is 0 Å². The summed E-state index contributed by atoms with van der Waals surface area (Å²) in [5.74, 6) is 1.80. The fourth-order valence-electron chi connectivity index (χ4n) is 5.88. The topological polar surface area (TPSA) is 66.4 Å². The normalized spacial score (nSPS) is 41.8. The molecule has 4 heteroatoms. The predicted octanol–water partition coefficient (Wildman–Crippen LogP) is 2.57. The van der Waals surface area contributed by atoms with E-state index in [0.29, 0.717) is 6.42 Å². The first-order valence-electron chi connectivity index (χ1n) is 8.55. The Labute approximate surface area is 125 Å². The highest BCUT2D eigenvalue weighted by Gasteiger charge is 2.51. The van der Waals surface area contributed by atoms with Gasteiger partial charge in [-0.25, -0.2) is 4.79 Å². The van der Waals surface area contributed by atoms with E-state index in [-0.39, 0.29) is 17.2 Å². The van der Waals surface area contributed by atoms with E-state index in [1.54, 1.807) is 0 Å². The van der Waals surface area contributed by atoms with Gasteiger partial charge in [-0.15, -0.1) is 0 Å². The summed E-state index contributed by atoms with van der Waals surface area (Å²) in [5.41, 5.74) is 0.200. The lowest BCUT2D eigenvalue weighted by atomic mass is 9.49. The molecule has 0 heterocycles. The fourth-order valence-corrected chi connectivity index (χ4v) is 5.88. The Morgan fingerprint density at radius 2 is 1.57 bits per heavy atom. The summed E-state index contributed by atoms with van der Waals surface area (Å²) in [4.78, 5) is 23.7. The van der Waals surface area contributed by atoms with Crippen LogP contribution in [0.1, 0.15) is 57.8 Å². The highest BCUT2D eigenvalue weighted by atomic mass is 16.4. The van der Waals surface area contributed by atoms with E-state index < -0.39 is 12.0 Å². The smallest absolute Gasteiger partial charge is 0.326 e. The summed E-state index contributed by atoms with van der Waals surface area (Å²) in [6, 6.07) is -0.647. The maximum atomic E-state index is 12.4. The lowest BCUT2D eigenvalue weighted by molar-refractivity contribution is -0.144. The van der Waals surface area contributed by atoms with Gasteiger partial charge in [0.25, 0.3) is 0 Å². The average Bonchev–Trinajstić information content (AvgIpc) is 3.17. The summed E-state index contributed by atoms with van der Waals surface area (Å²) in [6.07, 6.45) is 10.2. The van der Waals surface area contributed by atoms with Crippen LogP contribution in [0.4, 0.5) is 0 Å². The molecule has 116 valence electrons. The molecule has 0 aromatic carbocycles. The molecule has 1 atom stereocenters. The number of nitrogens with one attached hydrogen (secondary N) is 1. The van der Waals surface area contributed by atoms with E-state index in [0.717, 1.165) is 30.6 Å². The Kier molecular flexibility index (Phi) is 3.05. The quantitative estimate of drug-likeness (QED) is 0.818.